The van der Waals surface area contributed by atoms with Crippen LogP contribution in [-0.2, 0) is 31.1 Å². The second kappa shape index (κ2) is 9.51. The van der Waals surface area contributed by atoms with Gasteiger partial charge in [0.15, 0.2) is 5.60 Å². The fourth-order valence-electron chi connectivity index (χ4n) is 5.01. The largest absolute Gasteiger partial charge is 0.298 e. The highest BCUT2D eigenvalue weighted by molar-refractivity contribution is 7.86. The predicted molar refractivity (Wildman–Crippen MR) is 150 cm³/mol. The number of carbonyl (C=O) groups is 1. The van der Waals surface area contributed by atoms with E-state index in [9.17, 15) is 18.0 Å². The number of aromatic nitrogens is 3. The van der Waals surface area contributed by atoms with Crippen LogP contribution in [0.15, 0.2) is 101 Å². The van der Waals surface area contributed by atoms with Crippen LogP contribution in [0.1, 0.15) is 29.3 Å². The lowest BCUT2D eigenvalue weighted by Crippen LogP contribution is -2.39. The highest BCUT2D eigenvalue weighted by Crippen LogP contribution is 2.47. The number of H-pyrrole nitrogens is 1. The molecule has 0 fully saturated rings. The summed E-state index contributed by atoms with van der Waals surface area (Å²) in [5, 5.41) is 8.04. The summed E-state index contributed by atoms with van der Waals surface area (Å²) >= 11 is 0. The minimum atomic E-state index is -4.27. The van der Waals surface area contributed by atoms with Crippen molar-refractivity contribution in [2.75, 3.05) is 4.90 Å². The molecule has 1 amide bonds. The van der Waals surface area contributed by atoms with Crippen LogP contribution in [0.3, 0.4) is 0 Å². The lowest BCUT2D eigenvalue weighted by Gasteiger charge is -2.24. The quantitative estimate of drug-likeness (QED) is 0.308. The number of nitrogens with one attached hydrogen (secondary N) is 1. The Labute approximate surface area is 230 Å². The van der Waals surface area contributed by atoms with E-state index in [2.05, 4.69) is 15.2 Å². The highest BCUT2D eigenvalue weighted by Gasteiger charge is 2.52. The number of para-hydroxylation sites is 1. The number of fused-ring (bicyclic) bond motifs is 2. The normalized spacial score (nSPS) is 16.9. The van der Waals surface area contributed by atoms with Crippen molar-refractivity contribution in [2.45, 2.75) is 30.8 Å². The Balaban J connectivity index is 1.38. The number of hydrogen-bond donors (Lipinski definition) is 1. The molecular weight excluding hydrogens is 528 g/mol. The number of aryl methyl sites for hydroxylation is 1. The number of carbonyl (C=O) groups excluding carboxylic acids is 1. The van der Waals surface area contributed by atoms with Crippen LogP contribution in [0, 0.1) is 6.92 Å². The van der Waals surface area contributed by atoms with Gasteiger partial charge in [0.1, 0.15) is 0 Å². The minimum absolute atomic E-state index is 0.0349. The molecule has 1 atom stereocenters. The van der Waals surface area contributed by atoms with E-state index in [0.717, 1.165) is 16.5 Å². The fourth-order valence-corrected chi connectivity index (χ4v) is 6.18. The van der Waals surface area contributed by atoms with Crippen LogP contribution in [-0.4, -0.2) is 29.5 Å². The van der Waals surface area contributed by atoms with Crippen molar-refractivity contribution in [1.29, 1.82) is 0 Å². The van der Waals surface area contributed by atoms with Gasteiger partial charge in [0.2, 0.25) is 0 Å². The SMILES string of the molecule is Cc1ccc(S(=O)(=O)O[C@@]2(C)C(=O)N(c3cncc(Cc4n[nH]c(=O)c5ccccc45)c3)c3ccccc32)cc1. The van der Waals surface area contributed by atoms with Crippen molar-refractivity contribution in [3.63, 3.8) is 0 Å². The molecule has 5 aromatic rings. The van der Waals surface area contributed by atoms with Crippen molar-refractivity contribution >= 4 is 38.2 Å². The van der Waals surface area contributed by atoms with Gasteiger partial charge in [-0.1, -0.05) is 54.1 Å². The average molecular weight is 553 g/mol. The summed E-state index contributed by atoms with van der Waals surface area (Å²) in [6.07, 6.45) is 3.54. The maximum atomic E-state index is 14.0. The number of rotatable bonds is 6. The molecule has 1 aliphatic rings. The Morgan fingerprint density at radius 2 is 1.62 bits per heavy atom. The van der Waals surface area contributed by atoms with Gasteiger partial charge in [0.25, 0.3) is 21.6 Å². The molecule has 0 unspecified atom stereocenters. The van der Waals surface area contributed by atoms with Gasteiger partial charge in [-0.2, -0.15) is 13.5 Å². The Hall–Kier alpha value is -4.67. The predicted octanol–water partition coefficient (Wildman–Crippen LogP) is 4.52. The van der Waals surface area contributed by atoms with Crippen LogP contribution < -0.4 is 10.5 Å². The molecule has 10 heteroatoms. The van der Waals surface area contributed by atoms with E-state index in [1.165, 1.54) is 30.2 Å². The average Bonchev–Trinajstić information content (AvgIpc) is 3.16. The number of aromatic amines is 1. The van der Waals surface area contributed by atoms with E-state index < -0.39 is 21.6 Å². The molecule has 0 aliphatic carbocycles. The molecule has 3 heterocycles. The minimum Gasteiger partial charge on any atom is -0.276 e. The van der Waals surface area contributed by atoms with Crippen LogP contribution in [0.2, 0.25) is 0 Å². The Morgan fingerprint density at radius 1 is 0.925 bits per heavy atom. The fraction of sp³-hybridized carbons (Fsp3) is 0.133. The molecular formula is C30H24N4O5S. The van der Waals surface area contributed by atoms with Crippen molar-refractivity contribution in [3.8, 4) is 0 Å². The van der Waals surface area contributed by atoms with Gasteiger partial charge in [-0.15, -0.1) is 0 Å². The zero-order valence-corrected chi connectivity index (χ0v) is 22.5. The van der Waals surface area contributed by atoms with Crippen molar-refractivity contribution in [1.82, 2.24) is 15.2 Å². The molecule has 1 aliphatic heterocycles. The molecule has 6 rings (SSSR count). The second-order valence-corrected chi connectivity index (χ2v) is 11.4. The van der Waals surface area contributed by atoms with Gasteiger partial charge in [-0.3, -0.25) is 19.5 Å². The van der Waals surface area contributed by atoms with Crippen molar-refractivity contribution < 1.29 is 17.4 Å². The molecule has 0 saturated heterocycles. The number of amides is 1. The lowest BCUT2D eigenvalue weighted by atomic mass is 9.98. The zero-order valence-electron chi connectivity index (χ0n) is 21.7. The van der Waals surface area contributed by atoms with Crippen molar-refractivity contribution in [3.05, 3.63) is 124 Å². The third kappa shape index (κ3) is 4.27. The summed E-state index contributed by atoms with van der Waals surface area (Å²) in [5.74, 6) is -0.559. The molecule has 0 saturated carbocycles. The lowest BCUT2D eigenvalue weighted by molar-refractivity contribution is -0.130. The number of hydrogen-bond acceptors (Lipinski definition) is 7. The second-order valence-electron chi connectivity index (χ2n) is 9.81. The number of benzene rings is 3. The summed E-state index contributed by atoms with van der Waals surface area (Å²) in [6, 6.07) is 22.2. The molecule has 0 bridgehead atoms. The van der Waals surface area contributed by atoms with E-state index in [1.54, 1.807) is 60.8 Å². The van der Waals surface area contributed by atoms with Crippen LogP contribution in [0.4, 0.5) is 11.4 Å². The Bertz CT molecular complexity index is 1950. The summed E-state index contributed by atoms with van der Waals surface area (Å²) in [4.78, 5) is 31.9. The molecule has 1 N–H and O–H groups in total. The first-order chi connectivity index (χ1) is 19.2. The van der Waals surface area contributed by atoms with E-state index >= 15 is 0 Å². The smallest absolute Gasteiger partial charge is 0.276 e. The summed E-state index contributed by atoms with van der Waals surface area (Å²) in [5.41, 5.74) is 1.60. The van der Waals surface area contributed by atoms with E-state index in [1.807, 2.05) is 19.1 Å². The first kappa shape index (κ1) is 25.6. The van der Waals surface area contributed by atoms with Crippen LogP contribution in [0.25, 0.3) is 10.8 Å². The maximum Gasteiger partial charge on any atom is 0.298 e. The Kier molecular flexibility index (Phi) is 6.09. The van der Waals surface area contributed by atoms with Gasteiger partial charge in [0.05, 0.1) is 33.5 Å². The first-order valence-electron chi connectivity index (χ1n) is 12.5. The van der Waals surface area contributed by atoms with Gasteiger partial charge in [-0.25, -0.2) is 9.28 Å². The summed E-state index contributed by atoms with van der Waals surface area (Å²) in [6.45, 7) is 3.32. The molecule has 200 valence electrons. The zero-order chi connectivity index (χ0) is 28.1. The monoisotopic (exact) mass is 552 g/mol. The molecule has 40 heavy (non-hydrogen) atoms. The van der Waals surface area contributed by atoms with Gasteiger partial charge < -0.3 is 0 Å². The number of pyridine rings is 1. The van der Waals surface area contributed by atoms with Gasteiger partial charge >= 0.3 is 0 Å². The van der Waals surface area contributed by atoms with Gasteiger partial charge in [0, 0.05) is 23.6 Å². The standard InChI is InChI=1S/C30H24N4O5S/c1-19-11-13-22(14-12-19)40(37,38)39-30(2)25-9-5-6-10-27(25)34(29(30)36)21-15-20(17-31-18-21)16-26-23-7-3-4-8-24(23)28(35)33-32-26/h3-15,17-18H,16H2,1-2H3,(H,33,35)/t30-/m1/s1. The topological polar surface area (TPSA) is 122 Å². The molecule has 0 radical (unpaired) electrons. The third-order valence-corrected chi connectivity index (χ3v) is 8.44. The molecule has 0 spiro atoms. The molecule has 3 aromatic carbocycles. The molecule has 9 nitrogen and oxygen atoms in total. The Morgan fingerprint density at radius 3 is 2.40 bits per heavy atom. The van der Waals surface area contributed by atoms with E-state index in [4.69, 9.17) is 4.18 Å². The van der Waals surface area contributed by atoms with E-state index in [-0.39, 0.29) is 10.5 Å². The first-order valence-corrected chi connectivity index (χ1v) is 13.9. The maximum absolute atomic E-state index is 14.0. The molecule has 2 aromatic heterocycles. The summed E-state index contributed by atoms with van der Waals surface area (Å²) < 4.78 is 32.2. The third-order valence-electron chi connectivity index (χ3n) is 7.04. The van der Waals surface area contributed by atoms with Crippen molar-refractivity contribution in [2.24, 2.45) is 0 Å². The van der Waals surface area contributed by atoms with Gasteiger partial charge in [-0.05, 0) is 49.7 Å². The van der Waals surface area contributed by atoms with Crippen LogP contribution >= 0.6 is 0 Å². The number of anilines is 2. The number of nitrogens with zero attached hydrogens (tertiary/aromatic N) is 3. The summed E-state index contributed by atoms with van der Waals surface area (Å²) in [7, 11) is -4.27. The van der Waals surface area contributed by atoms with Crippen LogP contribution in [0.5, 0.6) is 0 Å². The van der Waals surface area contributed by atoms with E-state index in [0.29, 0.717) is 34.4 Å². The highest BCUT2D eigenvalue weighted by atomic mass is 32.2.